The Kier molecular flexibility index (Phi) is 3.99. The lowest BCUT2D eigenvalue weighted by Gasteiger charge is -2.31. The lowest BCUT2D eigenvalue weighted by molar-refractivity contribution is 0.271. The molecule has 2 N–H and O–H groups in total. The van der Waals surface area contributed by atoms with Crippen LogP contribution in [-0.4, -0.2) is 32.4 Å². The molecule has 100 valence electrons. The first kappa shape index (κ1) is 13.5. The second kappa shape index (κ2) is 5.34. The number of benzene rings is 1. The van der Waals surface area contributed by atoms with Gasteiger partial charge in [-0.2, -0.15) is 4.31 Å². The molecular formula is C12H17FN2O2S. The molecule has 2 rings (SSSR count). The van der Waals surface area contributed by atoms with E-state index < -0.39 is 15.8 Å². The molecule has 0 aromatic heterocycles. The first-order valence-corrected chi connectivity index (χ1v) is 7.44. The van der Waals surface area contributed by atoms with Gasteiger partial charge in [-0.3, -0.25) is 0 Å². The van der Waals surface area contributed by atoms with Gasteiger partial charge in [-0.15, -0.1) is 0 Å². The quantitative estimate of drug-likeness (QED) is 0.899. The van der Waals surface area contributed by atoms with Crippen molar-refractivity contribution in [1.29, 1.82) is 0 Å². The summed E-state index contributed by atoms with van der Waals surface area (Å²) in [6.07, 6.45) is 1.75. The molecule has 4 nitrogen and oxygen atoms in total. The summed E-state index contributed by atoms with van der Waals surface area (Å²) in [7, 11) is -3.59. The van der Waals surface area contributed by atoms with Crippen LogP contribution in [0.5, 0.6) is 0 Å². The third-order valence-electron chi connectivity index (χ3n) is 3.25. The van der Waals surface area contributed by atoms with E-state index in [9.17, 15) is 12.8 Å². The normalized spacial score (nSPS) is 22.0. The van der Waals surface area contributed by atoms with Crippen molar-refractivity contribution in [2.75, 3.05) is 19.6 Å². The van der Waals surface area contributed by atoms with Crippen LogP contribution in [-0.2, 0) is 10.0 Å². The van der Waals surface area contributed by atoms with Crippen LogP contribution >= 0.6 is 0 Å². The molecule has 0 radical (unpaired) electrons. The highest BCUT2D eigenvalue weighted by Crippen LogP contribution is 2.23. The average molecular weight is 272 g/mol. The molecule has 1 aromatic rings. The first-order chi connectivity index (χ1) is 8.54. The van der Waals surface area contributed by atoms with Gasteiger partial charge in [0.15, 0.2) is 0 Å². The molecule has 1 aromatic carbocycles. The van der Waals surface area contributed by atoms with Crippen molar-refractivity contribution in [3.63, 3.8) is 0 Å². The molecule has 0 aliphatic carbocycles. The van der Waals surface area contributed by atoms with Crippen molar-refractivity contribution in [1.82, 2.24) is 4.31 Å². The Labute approximate surface area is 107 Å². The largest absolute Gasteiger partial charge is 0.330 e. The zero-order valence-electron chi connectivity index (χ0n) is 10.0. The fourth-order valence-electron chi connectivity index (χ4n) is 2.21. The summed E-state index contributed by atoms with van der Waals surface area (Å²) in [4.78, 5) is 0.0140. The predicted molar refractivity (Wildman–Crippen MR) is 66.9 cm³/mol. The number of halogens is 1. The van der Waals surface area contributed by atoms with Crippen LogP contribution in [0.1, 0.15) is 12.8 Å². The minimum Gasteiger partial charge on any atom is -0.330 e. The van der Waals surface area contributed by atoms with Gasteiger partial charge in [0.1, 0.15) is 5.82 Å². The second-order valence-corrected chi connectivity index (χ2v) is 6.50. The van der Waals surface area contributed by atoms with E-state index in [-0.39, 0.29) is 10.8 Å². The summed E-state index contributed by atoms with van der Waals surface area (Å²) >= 11 is 0. The van der Waals surface area contributed by atoms with E-state index in [2.05, 4.69) is 0 Å². The van der Waals surface area contributed by atoms with Gasteiger partial charge in [-0.05, 0) is 43.5 Å². The van der Waals surface area contributed by atoms with Crippen LogP contribution in [0.4, 0.5) is 4.39 Å². The lowest BCUT2D eigenvalue weighted by Crippen LogP contribution is -2.41. The monoisotopic (exact) mass is 272 g/mol. The lowest BCUT2D eigenvalue weighted by atomic mass is 10.0. The first-order valence-electron chi connectivity index (χ1n) is 6.00. The van der Waals surface area contributed by atoms with Gasteiger partial charge in [-0.1, -0.05) is 6.07 Å². The summed E-state index contributed by atoms with van der Waals surface area (Å²) in [6, 6.07) is 5.12. The highest BCUT2D eigenvalue weighted by atomic mass is 32.2. The Hall–Kier alpha value is -0.980. The summed E-state index contributed by atoms with van der Waals surface area (Å²) in [6.45, 7) is 1.39. The Balaban J connectivity index is 2.25. The summed E-state index contributed by atoms with van der Waals surface area (Å²) in [5.41, 5.74) is 5.59. The highest BCUT2D eigenvalue weighted by molar-refractivity contribution is 7.89. The number of rotatable bonds is 3. The number of hydrogen-bond acceptors (Lipinski definition) is 3. The van der Waals surface area contributed by atoms with Crippen molar-refractivity contribution in [3.05, 3.63) is 30.1 Å². The maximum atomic E-state index is 13.1. The standard InChI is InChI=1S/C12H17FN2O2S/c13-11-4-1-5-12(7-11)18(16,17)15-6-2-3-10(8-14)9-15/h1,4-5,7,10H,2-3,6,8-9,14H2. The molecule has 0 amide bonds. The fourth-order valence-corrected chi connectivity index (χ4v) is 3.80. The van der Waals surface area contributed by atoms with E-state index in [0.717, 1.165) is 18.9 Å². The Morgan fingerprint density at radius 2 is 2.22 bits per heavy atom. The Morgan fingerprint density at radius 3 is 2.89 bits per heavy atom. The van der Waals surface area contributed by atoms with Crippen molar-refractivity contribution >= 4 is 10.0 Å². The number of nitrogens with zero attached hydrogens (tertiary/aromatic N) is 1. The van der Waals surface area contributed by atoms with E-state index in [1.165, 1.54) is 22.5 Å². The summed E-state index contributed by atoms with van der Waals surface area (Å²) in [5, 5.41) is 0. The van der Waals surface area contributed by atoms with E-state index in [1.807, 2.05) is 0 Å². The molecule has 1 aliphatic heterocycles. The SMILES string of the molecule is NCC1CCCN(S(=O)(=O)c2cccc(F)c2)C1. The molecule has 1 fully saturated rings. The van der Waals surface area contributed by atoms with Gasteiger partial charge >= 0.3 is 0 Å². The fraction of sp³-hybridized carbons (Fsp3) is 0.500. The smallest absolute Gasteiger partial charge is 0.243 e. The molecule has 1 unspecified atom stereocenters. The molecule has 18 heavy (non-hydrogen) atoms. The van der Waals surface area contributed by atoms with Crippen molar-refractivity contribution in [2.24, 2.45) is 11.7 Å². The number of sulfonamides is 1. The van der Waals surface area contributed by atoms with Gasteiger partial charge in [0.05, 0.1) is 4.90 Å². The van der Waals surface area contributed by atoms with Gasteiger partial charge in [0.25, 0.3) is 0 Å². The minimum absolute atomic E-state index is 0.0140. The van der Waals surface area contributed by atoms with Crippen LogP contribution in [0, 0.1) is 11.7 Å². The van der Waals surface area contributed by atoms with E-state index in [1.54, 1.807) is 0 Å². The number of hydrogen-bond donors (Lipinski definition) is 1. The Bertz CT molecular complexity index is 519. The molecule has 1 aliphatic rings. The van der Waals surface area contributed by atoms with Gasteiger partial charge in [0, 0.05) is 13.1 Å². The number of nitrogens with two attached hydrogens (primary N) is 1. The van der Waals surface area contributed by atoms with Crippen molar-refractivity contribution < 1.29 is 12.8 Å². The second-order valence-electron chi connectivity index (χ2n) is 4.56. The maximum absolute atomic E-state index is 13.1. The molecule has 0 saturated carbocycles. The molecular weight excluding hydrogens is 255 g/mol. The van der Waals surface area contributed by atoms with Gasteiger partial charge in [-0.25, -0.2) is 12.8 Å². The minimum atomic E-state index is -3.59. The summed E-state index contributed by atoms with van der Waals surface area (Å²) in [5.74, 6) is -0.342. The van der Waals surface area contributed by atoms with Crippen LogP contribution in [0.3, 0.4) is 0 Å². The van der Waals surface area contributed by atoms with E-state index in [0.29, 0.717) is 19.6 Å². The highest BCUT2D eigenvalue weighted by Gasteiger charge is 2.29. The van der Waals surface area contributed by atoms with Gasteiger partial charge < -0.3 is 5.73 Å². The topological polar surface area (TPSA) is 63.4 Å². The zero-order valence-corrected chi connectivity index (χ0v) is 10.9. The Morgan fingerprint density at radius 1 is 1.44 bits per heavy atom. The molecule has 1 atom stereocenters. The molecule has 0 bridgehead atoms. The van der Waals surface area contributed by atoms with Crippen LogP contribution in [0.15, 0.2) is 29.2 Å². The van der Waals surface area contributed by atoms with E-state index >= 15 is 0 Å². The van der Waals surface area contributed by atoms with Crippen LogP contribution in [0.2, 0.25) is 0 Å². The number of piperidine rings is 1. The summed E-state index contributed by atoms with van der Waals surface area (Å²) < 4.78 is 39.1. The van der Waals surface area contributed by atoms with Gasteiger partial charge in [0.2, 0.25) is 10.0 Å². The molecule has 6 heteroatoms. The zero-order chi connectivity index (χ0) is 13.2. The van der Waals surface area contributed by atoms with Crippen molar-refractivity contribution in [2.45, 2.75) is 17.7 Å². The molecule has 1 heterocycles. The molecule has 0 spiro atoms. The maximum Gasteiger partial charge on any atom is 0.243 e. The van der Waals surface area contributed by atoms with E-state index in [4.69, 9.17) is 5.73 Å². The molecule has 1 saturated heterocycles. The average Bonchev–Trinajstić information content (AvgIpc) is 2.39. The third-order valence-corrected chi connectivity index (χ3v) is 5.11. The van der Waals surface area contributed by atoms with Crippen LogP contribution < -0.4 is 5.73 Å². The van der Waals surface area contributed by atoms with Crippen molar-refractivity contribution in [3.8, 4) is 0 Å². The van der Waals surface area contributed by atoms with Crippen LogP contribution in [0.25, 0.3) is 0 Å². The third kappa shape index (κ3) is 2.71. The predicted octanol–water partition coefficient (Wildman–Crippen LogP) is 1.19.